The van der Waals surface area contributed by atoms with Crippen molar-refractivity contribution in [1.29, 1.82) is 0 Å². The molecule has 20 heavy (non-hydrogen) atoms. The molecule has 1 fully saturated rings. The summed E-state index contributed by atoms with van der Waals surface area (Å²) in [6, 6.07) is 13.7. The summed E-state index contributed by atoms with van der Waals surface area (Å²) in [7, 11) is 0. The highest BCUT2D eigenvalue weighted by atomic mass is 35.5. The van der Waals surface area contributed by atoms with Crippen LogP contribution in [-0.4, -0.2) is 0 Å². The molecule has 0 spiro atoms. The van der Waals surface area contributed by atoms with Gasteiger partial charge in [-0.25, -0.2) is 0 Å². The first-order chi connectivity index (χ1) is 9.65. The minimum atomic E-state index is 0.227. The van der Waals surface area contributed by atoms with E-state index < -0.39 is 0 Å². The van der Waals surface area contributed by atoms with Crippen molar-refractivity contribution >= 4 is 40.5 Å². The molecule has 1 aliphatic carbocycles. The Bertz CT molecular complexity index is 585. The van der Waals surface area contributed by atoms with Crippen LogP contribution in [0.5, 0.6) is 0 Å². The van der Waals surface area contributed by atoms with E-state index in [-0.39, 0.29) is 6.04 Å². The Morgan fingerprint density at radius 3 is 2.05 bits per heavy atom. The molecule has 0 amide bonds. The van der Waals surface area contributed by atoms with E-state index in [2.05, 4.69) is 17.4 Å². The van der Waals surface area contributed by atoms with Crippen molar-refractivity contribution in [3.63, 3.8) is 0 Å². The topological polar surface area (TPSA) is 12.0 Å². The van der Waals surface area contributed by atoms with Crippen LogP contribution in [-0.2, 0) is 0 Å². The van der Waals surface area contributed by atoms with Gasteiger partial charge < -0.3 is 5.32 Å². The molecule has 0 aromatic heterocycles. The Labute approximate surface area is 133 Å². The van der Waals surface area contributed by atoms with Crippen molar-refractivity contribution in [2.75, 3.05) is 5.32 Å². The predicted molar refractivity (Wildman–Crippen MR) is 87.0 cm³/mol. The summed E-state index contributed by atoms with van der Waals surface area (Å²) >= 11 is 18.4. The minimum absolute atomic E-state index is 0.227. The third kappa shape index (κ3) is 3.06. The number of hydrogen-bond donors (Lipinski definition) is 1. The maximum absolute atomic E-state index is 6.24. The fourth-order valence-corrected chi connectivity index (χ4v) is 3.00. The molecule has 2 aromatic carbocycles. The summed E-state index contributed by atoms with van der Waals surface area (Å²) in [6.07, 6.45) is 2.45. The normalized spacial score (nSPS) is 15.9. The van der Waals surface area contributed by atoms with Gasteiger partial charge in [-0.05, 0) is 48.6 Å². The number of para-hydroxylation sites is 1. The van der Waals surface area contributed by atoms with E-state index in [0.29, 0.717) is 16.0 Å². The van der Waals surface area contributed by atoms with Crippen LogP contribution in [0.25, 0.3) is 0 Å². The van der Waals surface area contributed by atoms with Gasteiger partial charge in [0.15, 0.2) is 0 Å². The molecule has 0 aliphatic heterocycles. The summed E-state index contributed by atoms with van der Waals surface area (Å²) in [6.45, 7) is 0. The van der Waals surface area contributed by atoms with Gasteiger partial charge in [0.2, 0.25) is 0 Å². The number of halogens is 3. The molecule has 0 bridgehead atoms. The largest absolute Gasteiger partial charge is 0.376 e. The van der Waals surface area contributed by atoms with Crippen molar-refractivity contribution in [2.45, 2.75) is 18.9 Å². The Kier molecular flexibility index (Phi) is 4.11. The first-order valence-corrected chi connectivity index (χ1v) is 7.74. The maximum Gasteiger partial charge on any atom is 0.0723 e. The molecule has 1 N–H and O–H groups in total. The number of nitrogens with one attached hydrogen (secondary N) is 1. The van der Waals surface area contributed by atoms with Crippen LogP contribution in [0.15, 0.2) is 42.5 Å². The van der Waals surface area contributed by atoms with Crippen LogP contribution >= 0.6 is 34.8 Å². The first-order valence-electron chi connectivity index (χ1n) is 6.61. The lowest BCUT2D eigenvalue weighted by Gasteiger charge is -2.21. The third-order valence-corrected chi connectivity index (χ3v) is 4.47. The standard InChI is InChI=1S/C16H14Cl3N/c17-12-8-6-11(7-9-12)15(10-4-5-10)20-16-13(18)2-1-3-14(16)19/h1-3,6-10,15,20H,4-5H2. The van der Waals surface area contributed by atoms with Crippen molar-refractivity contribution in [1.82, 2.24) is 0 Å². The van der Waals surface area contributed by atoms with Crippen molar-refractivity contribution < 1.29 is 0 Å². The molecule has 1 nitrogen and oxygen atoms in total. The monoisotopic (exact) mass is 325 g/mol. The van der Waals surface area contributed by atoms with Crippen LogP contribution in [0, 0.1) is 5.92 Å². The second-order valence-electron chi connectivity index (χ2n) is 5.11. The molecule has 1 aliphatic rings. The van der Waals surface area contributed by atoms with Crippen molar-refractivity contribution in [3.05, 3.63) is 63.1 Å². The average Bonchev–Trinajstić information content (AvgIpc) is 3.24. The van der Waals surface area contributed by atoms with Crippen LogP contribution in [0.1, 0.15) is 24.4 Å². The van der Waals surface area contributed by atoms with E-state index in [9.17, 15) is 0 Å². The Morgan fingerprint density at radius 1 is 0.900 bits per heavy atom. The second kappa shape index (κ2) is 5.85. The predicted octanol–water partition coefficient (Wildman–Crippen LogP) is 6.21. The number of anilines is 1. The van der Waals surface area contributed by atoms with Gasteiger partial charge in [-0.1, -0.05) is 53.0 Å². The zero-order chi connectivity index (χ0) is 14.1. The van der Waals surface area contributed by atoms with Crippen LogP contribution < -0.4 is 5.32 Å². The van der Waals surface area contributed by atoms with Gasteiger partial charge in [0.25, 0.3) is 0 Å². The molecule has 0 heterocycles. The Morgan fingerprint density at radius 2 is 1.50 bits per heavy atom. The van der Waals surface area contributed by atoms with Gasteiger partial charge in [-0.2, -0.15) is 0 Å². The summed E-state index contributed by atoms with van der Waals surface area (Å²) in [4.78, 5) is 0. The van der Waals surface area contributed by atoms with Gasteiger partial charge >= 0.3 is 0 Å². The summed E-state index contributed by atoms with van der Waals surface area (Å²) < 4.78 is 0. The molecule has 3 rings (SSSR count). The number of hydrogen-bond acceptors (Lipinski definition) is 1. The summed E-state index contributed by atoms with van der Waals surface area (Å²) in [5, 5.41) is 5.56. The molecule has 0 radical (unpaired) electrons. The summed E-state index contributed by atoms with van der Waals surface area (Å²) in [5.74, 6) is 0.628. The van der Waals surface area contributed by atoms with E-state index >= 15 is 0 Å². The number of benzene rings is 2. The molecule has 1 saturated carbocycles. The lowest BCUT2D eigenvalue weighted by Crippen LogP contribution is -2.13. The van der Waals surface area contributed by atoms with Crippen LogP contribution in [0.3, 0.4) is 0 Å². The molecular formula is C16H14Cl3N. The van der Waals surface area contributed by atoms with Gasteiger partial charge in [-0.3, -0.25) is 0 Å². The first kappa shape index (κ1) is 14.1. The fourth-order valence-electron chi connectivity index (χ4n) is 2.36. The van der Waals surface area contributed by atoms with Crippen LogP contribution in [0.4, 0.5) is 5.69 Å². The van der Waals surface area contributed by atoms with Crippen molar-refractivity contribution in [2.24, 2.45) is 5.92 Å². The molecular weight excluding hydrogens is 313 g/mol. The molecule has 4 heteroatoms. The molecule has 104 valence electrons. The molecule has 0 saturated heterocycles. The lowest BCUT2D eigenvalue weighted by molar-refractivity contribution is 0.679. The smallest absolute Gasteiger partial charge is 0.0723 e. The fraction of sp³-hybridized carbons (Fsp3) is 0.250. The van der Waals surface area contributed by atoms with Gasteiger partial charge in [0.05, 0.1) is 21.8 Å². The Hall–Kier alpha value is -0.890. The second-order valence-corrected chi connectivity index (χ2v) is 6.36. The van der Waals surface area contributed by atoms with E-state index in [4.69, 9.17) is 34.8 Å². The van der Waals surface area contributed by atoms with E-state index in [1.165, 1.54) is 18.4 Å². The highest BCUT2D eigenvalue weighted by Crippen LogP contribution is 2.45. The zero-order valence-corrected chi connectivity index (χ0v) is 13.0. The maximum atomic E-state index is 6.24. The third-order valence-electron chi connectivity index (χ3n) is 3.59. The van der Waals surface area contributed by atoms with Crippen LogP contribution in [0.2, 0.25) is 15.1 Å². The van der Waals surface area contributed by atoms with Gasteiger partial charge in [0, 0.05) is 5.02 Å². The lowest BCUT2D eigenvalue weighted by atomic mass is 10.0. The quantitative estimate of drug-likeness (QED) is 0.704. The summed E-state index contributed by atoms with van der Waals surface area (Å²) in [5.41, 5.74) is 2.02. The van der Waals surface area contributed by atoms with E-state index in [1.807, 2.05) is 30.3 Å². The molecule has 1 atom stereocenters. The van der Waals surface area contributed by atoms with Gasteiger partial charge in [0.1, 0.15) is 0 Å². The number of rotatable bonds is 4. The highest BCUT2D eigenvalue weighted by Gasteiger charge is 2.33. The SMILES string of the molecule is Clc1ccc(C(Nc2c(Cl)cccc2Cl)C2CC2)cc1. The van der Waals surface area contributed by atoms with E-state index in [1.54, 1.807) is 0 Å². The van der Waals surface area contributed by atoms with Crippen molar-refractivity contribution in [3.8, 4) is 0 Å². The van der Waals surface area contributed by atoms with Gasteiger partial charge in [-0.15, -0.1) is 0 Å². The minimum Gasteiger partial charge on any atom is -0.376 e. The average molecular weight is 327 g/mol. The Balaban J connectivity index is 1.90. The zero-order valence-electron chi connectivity index (χ0n) is 10.7. The molecule has 2 aromatic rings. The molecule has 1 unspecified atom stereocenters. The van der Waals surface area contributed by atoms with E-state index in [0.717, 1.165) is 10.7 Å². The highest BCUT2D eigenvalue weighted by molar-refractivity contribution is 6.39.